The maximum atomic E-state index is 12.6. The molecule has 0 aliphatic heterocycles. The van der Waals surface area contributed by atoms with E-state index in [9.17, 15) is 13.2 Å². The number of methoxy groups -OCH3 is 1. The van der Waals surface area contributed by atoms with Gasteiger partial charge in [-0.05, 0) is 0 Å². The molecule has 0 aromatic carbocycles. The summed E-state index contributed by atoms with van der Waals surface area (Å²) in [5.74, 6) is -1.20. The van der Waals surface area contributed by atoms with Gasteiger partial charge in [-0.2, -0.15) is 8.78 Å². The topological polar surface area (TPSA) is 43.7 Å². The summed E-state index contributed by atoms with van der Waals surface area (Å²) in [6.07, 6.45) is -1.09. The van der Waals surface area contributed by atoms with Gasteiger partial charge in [-0.15, -0.1) is 11.3 Å². The molecule has 4 nitrogen and oxygen atoms in total. The van der Waals surface area contributed by atoms with Gasteiger partial charge in [0.2, 0.25) is 0 Å². The van der Waals surface area contributed by atoms with Crippen molar-refractivity contribution in [3.63, 3.8) is 0 Å². The third kappa shape index (κ3) is 5.51. The summed E-state index contributed by atoms with van der Waals surface area (Å²) in [5.41, 5.74) is 0.675. The van der Waals surface area contributed by atoms with Crippen LogP contribution in [0.2, 0.25) is 0 Å². The summed E-state index contributed by atoms with van der Waals surface area (Å²) in [5, 5.41) is 3.64. The van der Waals surface area contributed by atoms with Crippen molar-refractivity contribution in [1.29, 1.82) is 0 Å². The highest BCUT2D eigenvalue weighted by molar-refractivity contribution is 8.01. The zero-order valence-electron chi connectivity index (χ0n) is 10.9. The molecule has 0 spiro atoms. The number of hydrogen-bond donors (Lipinski definition) is 0. The number of rotatable bonds is 8. The van der Waals surface area contributed by atoms with Gasteiger partial charge in [-0.1, -0.05) is 16.9 Å². The summed E-state index contributed by atoms with van der Waals surface area (Å²) in [7, 11) is 2.96. The standard InChI is InChI=1S/C11H13F3N2O2S2/c1-17-6-8-9(5-15-18-2)20-11(16-8)19-4-3-7(12)10(13)14/h5H,3-4,6H2,1-2H3. The molecule has 0 aliphatic carbocycles. The summed E-state index contributed by atoms with van der Waals surface area (Å²) in [6.45, 7) is 0.301. The van der Waals surface area contributed by atoms with Crippen LogP contribution in [-0.4, -0.2) is 31.2 Å². The smallest absolute Gasteiger partial charge is 0.301 e. The predicted molar refractivity (Wildman–Crippen MR) is 73.1 cm³/mol. The van der Waals surface area contributed by atoms with Gasteiger partial charge in [-0.3, -0.25) is 0 Å². The monoisotopic (exact) mass is 326 g/mol. The molecule has 1 aromatic heterocycles. The minimum absolute atomic E-state index is 0.184. The second-order valence-electron chi connectivity index (χ2n) is 3.40. The van der Waals surface area contributed by atoms with Gasteiger partial charge in [0, 0.05) is 19.3 Å². The van der Waals surface area contributed by atoms with Crippen molar-refractivity contribution >= 4 is 29.3 Å². The van der Waals surface area contributed by atoms with Crippen molar-refractivity contribution in [2.75, 3.05) is 20.0 Å². The molecule has 0 amide bonds. The van der Waals surface area contributed by atoms with Crippen molar-refractivity contribution in [3.05, 3.63) is 22.5 Å². The third-order valence-corrected chi connectivity index (χ3v) is 4.19. The average Bonchev–Trinajstić information content (AvgIpc) is 2.79. The van der Waals surface area contributed by atoms with Crippen LogP contribution in [0.15, 0.2) is 21.4 Å². The Morgan fingerprint density at radius 2 is 2.15 bits per heavy atom. The molecule has 0 radical (unpaired) electrons. The van der Waals surface area contributed by atoms with Gasteiger partial charge in [-0.25, -0.2) is 9.37 Å². The summed E-state index contributed by atoms with van der Waals surface area (Å²) in [4.78, 5) is 9.62. The van der Waals surface area contributed by atoms with Crippen molar-refractivity contribution in [3.8, 4) is 0 Å². The lowest BCUT2D eigenvalue weighted by Crippen LogP contribution is -1.92. The van der Waals surface area contributed by atoms with Gasteiger partial charge >= 0.3 is 6.08 Å². The molecule has 0 fully saturated rings. The van der Waals surface area contributed by atoms with E-state index >= 15 is 0 Å². The molecule has 1 aromatic rings. The van der Waals surface area contributed by atoms with E-state index in [1.54, 1.807) is 0 Å². The molecule has 0 aliphatic rings. The second kappa shape index (κ2) is 8.98. The van der Waals surface area contributed by atoms with Crippen molar-refractivity contribution in [2.24, 2.45) is 5.16 Å². The number of aromatic nitrogens is 1. The van der Waals surface area contributed by atoms with Gasteiger partial charge in [0.25, 0.3) is 0 Å². The molecule has 0 unspecified atom stereocenters. The molecule has 112 valence electrons. The molecule has 0 saturated heterocycles. The molecule has 0 saturated carbocycles. The van der Waals surface area contributed by atoms with Gasteiger partial charge in [0.15, 0.2) is 10.2 Å². The summed E-state index contributed by atoms with van der Waals surface area (Å²) in [6, 6.07) is 0. The molecule has 0 bridgehead atoms. The van der Waals surface area contributed by atoms with Crippen LogP contribution in [0.5, 0.6) is 0 Å². The predicted octanol–water partition coefficient (Wildman–Crippen LogP) is 3.83. The lowest BCUT2D eigenvalue weighted by Gasteiger charge is -1.95. The van der Waals surface area contributed by atoms with E-state index in [-0.39, 0.29) is 12.2 Å². The molecular formula is C11H13F3N2O2S2. The van der Waals surface area contributed by atoms with Crippen LogP contribution < -0.4 is 0 Å². The fraction of sp³-hybridized carbons (Fsp3) is 0.455. The number of oxime groups is 1. The fourth-order valence-corrected chi connectivity index (χ4v) is 3.21. The molecule has 9 heteroatoms. The number of halogens is 3. The first-order chi connectivity index (χ1) is 9.58. The SMILES string of the molecule is COCc1nc(SCCC(F)=C(F)F)sc1C=NOC. The normalized spacial score (nSPS) is 11.1. The van der Waals surface area contributed by atoms with E-state index in [1.807, 2.05) is 0 Å². The first kappa shape index (κ1) is 17.0. The Morgan fingerprint density at radius 1 is 1.40 bits per heavy atom. The molecule has 0 atom stereocenters. The number of nitrogens with zero attached hydrogens (tertiary/aromatic N) is 2. The molecular weight excluding hydrogens is 313 g/mol. The maximum Gasteiger partial charge on any atom is 0.301 e. The van der Waals surface area contributed by atoms with Crippen LogP contribution in [0.3, 0.4) is 0 Å². The number of allylic oxidation sites excluding steroid dienone is 1. The summed E-state index contributed by atoms with van der Waals surface area (Å²) < 4.78 is 42.1. The molecule has 20 heavy (non-hydrogen) atoms. The van der Waals surface area contributed by atoms with E-state index in [0.29, 0.717) is 16.6 Å². The second-order valence-corrected chi connectivity index (χ2v) is 5.78. The first-order valence-electron chi connectivity index (χ1n) is 5.46. The quantitative estimate of drug-likeness (QED) is 0.414. The molecule has 1 rings (SSSR count). The average molecular weight is 326 g/mol. The lowest BCUT2D eigenvalue weighted by molar-refractivity contribution is 0.181. The van der Waals surface area contributed by atoms with E-state index < -0.39 is 11.9 Å². The highest BCUT2D eigenvalue weighted by Crippen LogP contribution is 2.29. The Labute approximate surface area is 122 Å². The number of thioether (sulfide) groups is 1. The third-order valence-electron chi connectivity index (χ3n) is 2.02. The van der Waals surface area contributed by atoms with Gasteiger partial charge in [0.05, 0.1) is 23.4 Å². The van der Waals surface area contributed by atoms with Gasteiger partial charge in [0.1, 0.15) is 7.11 Å². The Balaban J connectivity index is 2.66. The molecule has 1 heterocycles. The molecule has 0 N–H and O–H groups in total. The Kier molecular flexibility index (Phi) is 7.63. The van der Waals surface area contributed by atoms with Crippen LogP contribution in [0.25, 0.3) is 0 Å². The number of ether oxygens (including phenoxy) is 1. The van der Waals surface area contributed by atoms with Crippen molar-refractivity contribution in [2.45, 2.75) is 17.4 Å². The van der Waals surface area contributed by atoms with Crippen LogP contribution in [-0.2, 0) is 16.2 Å². The number of hydrogen-bond acceptors (Lipinski definition) is 6. The zero-order chi connectivity index (χ0) is 15.0. The fourth-order valence-electron chi connectivity index (χ4n) is 1.17. The first-order valence-corrected chi connectivity index (χ1v) is 7.26. The highest BCUT2D eigenvalue weighted by Gasteiger charge is 2.11. The Bertz CT molecular complexity index is 488. The largest absolute Gasteiger partial charge is 0.399 e. The maximum absolute atomic E-state index is 12.6. The van der Waals surface area contributed by atoms with E-state index in [0.717, 1.165) is 4.88 Å². The van der Waals surface area contributed by atoms with Crippen molar-refractivity contribution in [1.82, 2.24) is 4.98 Å². The van der Waals surface area contributed by atoms with Crippen LogP contribution >= 0.6 is 23.1 Å². The number of thiazole rings is 1. The Morgan fingerprint density at radius 3 is 2.75 bits per heavy atom. The van der Waals surface area contributed by atoms with Gasteiger partial charge < -0.3 is 9.57 Å². The van der Waals surface area contributed by atoms with Crippen LogP contribution in [0.1, 0.15) is 17.0 Å². The minimum Gasteiger partial charge on any atom is -0.399 e. The van der Waals surface area contributed by atoms with Crippen LogP contribution in [0.4, 0.5) is 13.2 Å². The highest BCUT2D eigenvalue weighted by atomic mass is 32.2. The van der Waals surface area contributed by atoms with E-state index in [1.165, 1.54) is 43.5 Å². The van der Waals surface area contributed by atoms with E-state index in [4.69, 9.17) is 4.74 Å². The van der Waals surface area contributed by atoms with E-state index in [2.05, 4.69) is 15.0 Å². The Hall–Kier alpha value is -1.06. The lowest BCUT2D eigenvalue weighted by atomic mass is 10.4. The van der Waals surface area contributed by atoms with Crippen molar-refractivity contribution < 1.29 is 22.7 Å². The summed E-state index contributed by atoms with van der Waals surface area (Å²) >= 11 is 2.52. The zero-order valence-corrected chi connectivity index (χ0v) is 12.5. The van der Waals surface area contributed by atoms with Crippen LogP contribution in [0, 0.1) is 0 Å². The minimum atomic E-state index is -2.27.